The van der Waals surface area contributed by atoms with Crippen LogP contribution in [0.15, 0.2) is 33.9 Å². The van der Waals surface area contributed by atoms with Gasteiger partial charge in [-0.2, -0.15) is 11.8 Å². The highest BCUT2D eigenvalue weighted by atomic mass is 32.2. The van der Waals surface area contributed by atoms with Crippen LogP contribution in [0.3, 0.4) is 0 Å². The molecule has 0 saturated carbocycles. The van der Waals surface area contributed by atoms with Crippen molar-refractivity contribution in [2.45, 2.75) is 29.7 Å². The fraction of sp³-hybridized carbons (Fsp3) is 0.357. The van der Waals surface area contributed by atoms with Gasteiger partial charge in [-0.25, -0.2) is 4.39 Å². The number of benzene rings is 1. The predicted octanol–water partition coefficient (Wildman–Crippen LogP) is 2.87. The Balaban J connectivity index is 1.85. The van der Waals surface area contributed by atoms with Crippen molar-refractivity contribution in [2.24, 2.45) is 0 Å². The minimum atomic E-state index is -0.408. The van der Waals surface area contributed by atoms with E-state index in [2.05, 4.69) is 15.5 Å². The standard InChI is InChI=1S/C14H16FN3O2S2/c1-9(22-14-18-17-12(20-14)8-21-2)13(19)16-7-10-5-3-4-6-11(10)15/h3-6,9H,7-8H2,1-2H3,(H,16,19). The molecule has 1 aromatic heterocycles. The normalized spacial score (nSPS) is 12.1. The number of hydrogen-bond donors (Lipinski definition) is 1. The molecule has 2 rings (SSSR count). The average Bonchev–Trinajstić information content (AvgIpc) is 2.93. The third-order valence-electron chi connectivity index (χ3n) is 2.77. The Morgan fingerprint density at radius 1 is 1.41 bits per heavy atom. The molecular weight excluding hydrogens is 325 g/mol. The Morgan fingerprint density at radius 3 is 2.91 bits per heavy atom. The van der Waals surface area contributed by atoms with E-state index in [1.54, 1.807) is 36.9 Å². The summed E-state index contributed by atoms with van der Waals surface area (Å²) >= 11 is 2.76. The number of thioether (sulfide) groups is 2. The summed E-state index contributed by atoms with van der Waals surface area (Å²) in [6.07, 6.45) is 1.94. The number of aromatic nitrogens is 2. The van der Waals surface area contributed by atoms with Gasteiger partial charge in [0.1, 0.15) is 5.82 Å². The van der Waals surface area contributed by atoms with E-state index in [0.717, 1.165) is 0 Å². The summed E-state index contributed by atoms with van der Waals surface area (Å²) in [5.74, 6) is 0.634. The maximum Gasteiger partial charge on any atom is 0.277 e. The van der Waals surface area contributed by atoms with Crippen molar-refractivity contribution in [1.29, 1.82) is 0 Å². The van der Waals surface area contributed by atoms with E-state index in [1.807, 2.05) is 6.26 Å². The summed E-state index contributed by atoms with van der Waals surface area (Å²) in [7, 11) is 0. The Hall–Kier alpha value is -1.54. The van der Waals surface area contributed by atoms with Crippen molar-refractivity contribution in [3.8, 4) is 0 Å². The van der Waals surface area contributed by atoms with Gasteiger partial charge >= 0.3 is 0 Å². The zero-order valence-corrected chi connectivity index (χ0v) is 13.8. The molecule has 0 aliphatic heterocycles. The van der Waals surface area contributed by atoms with Gasteiger partial charge < -0.3 is 9.73 Å². The number of amides is 1. The first kappa shape index (κ1) is 16.8. The molecule has 0 saturated heterocycles. The van der Waals surface area contributed by atoms with Gasteiger partial charge in [0.2, 0.25) is 11.8 Å². The molecule has 2 aromatic rings. The fourth-order valence-corrected chi connectivity index (χ4v) is 2.73. The molecule has 5 nitrogen and oxygen atoms in total. The van der Waals surface area contributed by atoms with E-state index in [4.69, 9.17) is 4.42 Å². The van der Waals surface area contributed by atoms with Gasteiger partial charge in [0, 0.05) is 12.1 Å². The van der Waals surface area contributed by atoms with Crippen LogP contribution in [-0.2, 0) is 17.1 Å². The Kier molecular flexibility index (Phi) is 6.26. The van der Waals surface area contributed by atoms with Crippen LogP contribution in [-0.4, -0.2) is 27.6 Å². The molecule has 0 aliphatic carbocycles. The molecule has 0 aliphatic rings. The van der Waals surface area contributed by atoms with Crippen LogP contribution >= 0.6 is 23.5 Å². The number of carbonyl (C=O) groups excluding carboxylic acids is 1. The maximum atomic E-state index is 13.5. The van der Waals surface area contributed by atoms with Gasteiger partial charge in [-0.1, -0.05) is 30.0 Å². The summed E-state index contributed by atoms with van der Waals surface area (Å²) in [6, 6.07) is 6.35. The number of nitrogens with zero attached hydrogens (tertiary/aromatic N) is 2. The largest absolute Gasteiger partial charge is 0.415 e. The lowest BCUT2D eigenvalue weighted by molar-refractivity contribution is -0.120. The van der Waals surface area contributed by atoms with E-state index in [-0.39, 0.29) is 18.3 Å². The highest BCUT2D eigenvalue weighted by Crippen LogP contribution is 2.23. The molecule has 1 N–H and O–H groups in total. The van der Waals surface area contributed by atoms with Crippen molar-refractivity contribution in [1.82, 2.24) is 15.5 Å². The highest BCUT2D eigenvalue weighted by molar-refractivity contribution is 8.00. The van der Waals surface area contributed by atoms with Crippen molar-refractivity contribution in [2.75, 3.05) is 6.26 Å². The molecule has 118 valence electrons. The SMILES string of the molecule is CSCc1nnc(SC(C)C(=O)NCc2ccccc2F)o1. The van der Waals surface area contributed by atoms with Gasteiger partial charge in [0.25, 0.3) is 5.22 Å². The maximum absolute atomic E-state index is 13.5. The van der Waals surface area contributed by atoms with E-state index in [1.165, 1.54) is 17.8 Å². The zero-order chi connectivity index (χ0) is 15.9. The molecule has 8 heteroatoms. The average molecular weight is 341 g/mol. The third-order valence-corrected chi connectivity index (χ3v) is 4.24. The van der Waals surface area contributed by atoms with Gasteiger partial charge in [-0.05, 0) is 19.2 Å². The fourth-order valence-electron chi connectivity index (χ4n) is 1.64. The smallest absolute Gasteiger partial charge is 0.277 e. The molecule has 0 spiro atoms. The van der Waals surface area contributed by atoms with Crippen LogP contribution < -0.4 is 5.32 Å². The van der Waals surface area contributed by atoms with Gasteiger partial charge in [-0.3, -0.25) is 4.79 Å². The first-order valence-electron chi connectivity index (χ1n) is 6.59. The van der Waals surface area contributed by atoms with Crippen LogP contribution in [0.2, 0.25) is 0 Å². The lowest BCUT2D eigenvalue weighted by atomic mass is 10.2. The minimum Gasteiger partial charge on any atom is -0.415 e. The third kappa shape index (κ3) is 4.74. The van der Waals surface area contributed by atoms with Crippen LogP contribution in [0, 0.1) is 5.82 Å². The molecule has 1 heterocycles. The second-order valence-corrected chi connectivity index (χ2v) is 6.62. The number of carbonyl (C=O) groups is 1. The molecule has 22 heavy (non-hydrogen) atoms. The molecule has 1 amide bonds. The summed E-state index contributed by atoms with van der Waals surface area (Å²) in [5.41, 5.74) is 0.452. The number of nitrogens with one attached hydrogen (secondary N) is 1. The molecule has 1 unspecified atom stereocenters. The first-order valence-corrected chi connectivity index (χ1v) is 8.86. The zero-order valence-electron chi connectivity index (χ0n) is 12.2. The Bertz CT molecular complexity index is 636. The van der Waals surface area contributed by atoms with E-state index in [0.29, 0.717) is 22.4 Å². The summed E-state index contributed by atoms with van der Waals surface area (Å²) in [6.45, 7) is 1.89. The van der Waals surface area contributed by atoms with E-state index < -0.39 is 5.25 Å². The van der Waals surface area contributed by atoms with Gasteiger partial charge in [0.05, 0.1) is 11.0 Å². The van der Waals surface area contributed by atoms with Crippen molar-refractivity contribution in [3.05, 3.63) is 41.5 Å². The monoisotopic (exact) mass is 341 g/mol. The van der Waals surface area contributed by atoms with Crippen molar-refractivity contribution in [3.63, 3.8) is 0 Å². The lowest BCUT2D eigenvalue weighted by Gasteiger charge is -2.10. The molecule has 0 bridgehead atoms. The van der Waals surface area contributed by atoms with E-state index >= 15 is 0 Å². The van der Waals surface area contributed by atoms with Crippen LogP contribution in [0.25, 0.3) is 0 Å². The number of hydrogen-bond acceptors (Lipinski definition) is 6. The minimum absolute atomic E-state index is 0.151. The number of halogens is 1. The summed E-state index contributed by atoms with van der Waals surface area (Å²) in [5, 5.41) is 10.4. The summed E-state index contributed by atoms with van der Waals surface area (Å²) < 4.78 is 18.9. The van der Waals surface area contributed by atoms with Gasteiger partial charge in [-0.15, -0.1) is 10.2 Å². The lowest BCUT2D eigenvalue weighted by Crippen LogP contribution is -2.30. The molecular formula is C14H16FN3O2S2. The van der Waals surface area contributed by atoms with Crippen LogP contribution in [0.4, 0.5) is 4.39 Å². The highest BCUT2D eigenvalue weighted by Gasteiger charge is 2.18. The first-order chi connectivity index (χ1) is 10.6. The topological polar surface area (TPSA) is 68.0 Å². The van der Waals surface area contributed by atoms with Crippen molar-refractivity contribution >= 4 is 29.4 Å². The molecule has 1 atom stereocenters. The second-order valence-electron chi connectivity index (χ2n) is 4.46. The molecule has 0 radical (unpaired) electrons. The molecule has 1 aromatic carbocycles. The Labute approximate surface area is 136 Å². The van der Waals surface area contributed by atoms with Gasteiger partial charge in [0.15, 0.2) is 0 Å². The predicted molar refractivity (Wildman–Crippen MR) is 85.1 cm³/mol. The second kappa shape index (κ2) is 8.19. The summed E-state index contributed by atoms with van der Waals surface area (Å²) in [4.78, 5) is 12.0. The van der Waals surface area contributed by atoms with Crippen molar-refractivity contribution < 1.29 is 13.6 Å². The van der Waals surface area contributed by atoms with E-state index in [9.17, 15) is 9.18 Å². The quantitative estimate of drug-likeness (QED) is 0.781. The molecule has 0 fully saturated rings. The van der Waals surface area contributed by atoms with Crippen LogP contribution in [0.1, 0.15) is 18.4 Å². The van der Waals surface area contributed by atoms with Crippen LogP contribution in [0.5, 0.6) is 0 Å². The Morgan fingerprint density at radius 2 is 2.18 bits per heavy atom. The number of rotatable bonds is 7.